The SMILES string of the molecule is CCCCSCCC(=O)NCC1(c2ccccc2C)CC1. The summed E-state index contributed by atoms with van der Waals surface area (Å²) in [4.78, 5) is 11.9. The highest BCUT2D eigenvalue weighted by Gasteiger charge is 2.44. The van der Waals surface area contributed by atoms with Gasteiger partial charge >= 0.3 is 0 Å². The van der Waals surface area contributed by atoms with E-state index in [-0.39, 0.29) is 11.3 Å². The maximum atomic E-state index is 11.9. The number of nitrogens with one attached hydrogen (secondary N) is 1. The molecule has 1 saturated carbocycles. The molecular weight excluding hydrogens is 278 g/mol. The summed E-state index contributed by atoms with van der Waals surface area (Å²) in [5.74, 6) is 2.33. The average Bonchev–Trinajstić information content (AvgIpc) is 3.26. The quantitative estimate of drug-likeness (QED) is 0.697. The minimum absolute atomic E-state index is 0.207. The Hall–Kier alpha value is -0.960. The van der Waals surface area contributed by atoms with Crippen molar-refractivity contribution in [3.05, 3.63) is 35.4 Å². The topological polar surface area (TPSA) is 29.1 Å². The number of carbonyl (C=O) groups excluding carboxylic acids is 1. The molecule has 1 aromatic rings. The maximum absolute atomic E-state index is 11.9. The number of thioether (sulfide) groups is 1. The van der Waals surface area contributed by atoms with E-state index < -0.39 is 0 Å². The van der Waals surface area contributed by atoms with Gasteiger partial charge in [0, 0.05) is 24.1 Å². The van der Waals surface area contributed by atoms with Crippen molar-refractivity contribution in [1.29, 1.82) is 0 Å². The summed E-state index contributed by atoms with van der Waals surface area (Å²) < 4.78 is 0. The molecule has 0 bridgehead atoms. The Morgan fingerprint density at radius 3 is 2.71 bits per heavy atom. The van der Waals surface area contributed by atoms with Gasteiger partial charge in [0.1, 0.15) is 0 Å². The lowest BCUT2D eigenvalue weighted by molar-refractivity contribution is -0.120. The van der Waals surface area contributed by atoms with Gasteiger partial charge in [-0.1, -0.05) is 37.6 Å². The number of rotatable bonds is 9. The van der Waals surface area contributed by atoms with Crippen LogP contribution in [0.25, 0.3) is 0 Å². The van der Waals surface area contributed by atoms with Crippen molar-refractivity contribution in [2.45, 2.75) is 51.4 Å². The fourth-order valence-electron chi connectivity index (χ4n) is 2.73. The lowest BCUT2D eigenvalue weighted by atomic mass is 9.92. The van der Waals surface area contributed by atoms with Gasteiger partial charge in [0.05, 0.1) is 0 Å². The number of carbonyl (C=O) groups is 1. The van der Waals surface area contributed by atoms with E-state index in [0.29, 0.717) is 6.42 Å². The van der Waals surface area contributed by atoms with Gasteiger partial charge in [-0.2, -0.15) is 11.8 Å². The van der Waals surface area contributed by atoms with E-state index in [9.17, 15) is 4.79 Å². The van der Waals surface area contributed by atoms with Gasteiger partial charge < -0.3 is 5.32 Å². The third-order valence-electron chi connectivity index (χ3n) is 4.31. The molecule has 0 spiro atoms. The fraction of sp³-hybridized carbons (Fsp3) is 0.611. The molecule has 0 heterocycles. The molecule has 116 valence electrons. The van der Waals surface area contributed by atoms with Crippen LogP contribution in [0.3, 0.4) is 0 Å². The predicted octanol–water partition coefficient (Wildman–Crippen LogP) is 4.07. The first-order valence-corrected chi connectivity index (χ1v) is 9.24. The van der Waals surface area contributed by atoms with Gasteiger partial charge in [-0.25, -0.2) is 0 Å². The Labute approximate surface area is 133 Å². The van der Waals surface area contributed by atoms with Gasteiger partial charge in [-0.15, -0.1) is 0 Å². The largest absolute Gasteiger partial charge is 0.355 e. The van der Waals surface area contributed by atoms with Crippen LogP contribution in [0.4, 0.5) is 0 Å². The van der Waals surface area contributed by atoms with E-state index in [4.69, 9.17) is 0 Å². The first-order chi connectivity index (χ1) is 10.2. The smallest absolute Gasteiger partial charge is 0.220 e. The zero-order valence-electron chi connectivity index (χ0n) is 13.3. The normalized spacial score (nSPS) is 15.7. The minimum Gasteiger partial charge on any atom is -0.355 e. The molecule has 0 unspecified atom stereocenters. The van der Waals surface area contributed by atoms with Gasteiger partial charge in [0.15, 0.2) is 0 Å². The van der Waals surface area contributed by atoms with Crippen molar-refractivity contribution in [2.75, 3.05) is 18.1 Å². The van der Waals surface area contributed by atoms with Crippen molar-refractivity contribution in [3.8, 4) is 0 Å². The van der Waals surface area contributed by atoms with Crippen molar-refractivity contribution in [1.82, 2.24) is 5.32 Å². The van der Waals surface area contributed by atoms with E-state index in [1.165, 1.54) is 42.6 Å². The number of aryl methyl sites for hydroxylation is 1. The molecule has 1 amide bonds. The Morgan fingerprint density at radius 1 is 1.29 bits per heavy atom. The van der Waals surface area contributed by atoms with Crippen LogP contribution >= 0.6 is 11.8 Å². The molecule has 21 heavy (non-hydrogen) atoms. The van der Waals surface area contributed by atoms with Crippen LogP contribution in [0.5, 0.6) is 0 Å². The molecular formula is C18H27NOS. The molecule has 1 aromatic carbocycles. The van der Waals surface area contributed by atoms with Crippen LogP contribution in [0.15, 0.2) is 24.3 Å². The minimum atomic E-state index is 0.207. The molecule has 2 nitrogen and oxygen atoms in total. The Bertz CT molecular complexity index is 468. The number of benzene rings is 1. The number of hydrogen-bond donors (Lipinski definition) is 1. The van der Waals surface area contributed by atoms with Gasteiger partial charge in [-0.05, 0) is 43.1 Å². The summed E-state index contributed by atoms with van der Waals surface area (Å²) in [5, 5.41) is 3.15. The van der Waals surface area contributed by atoms with Crippen molar-refractivity contribution < 1.29 is 4.79 Å². The highest BCUT2D eigenvalue weighted by Crippen LogP contribution is 2.48. The third kappa shape index (κ3) is 4.77. The summed E-state index contributed by atoms with van der Waals surface area (Å²) >= 11 is 1.89. The van der Waals surface area contributed by atoms with Crippen LogP contribution in [0.1, 0.15) is 50.2 Å². The molecule has 0 aromatic heterocycles. The fourth-order valence-corrected chi connectivity index (χ4v) is 3.76. The second-order valence-electron chi connectivity index (χ2n) is 6.09. The van der Waals surface area contributed by atoms with Crippen LogP contribution in [0, 0.1) is 6.92 Å². The highest BCUT2D eigenvalue weighted by atomic mass is 32.2. The zero-order valence-corrected chi connectivity index (χ0v) is 14.1. The molecule has 3 heteroatoms. The molecule has 0 atom stereocenters. The van der Waals surface area contributed by atoms with Crippen molar-refractivity contribution in [3.63, 3.8) is 0 Å². The predicted molar refractivity (Wildman–Crippen MR) is 92.0 cm³/mol. The Kier molecular flexibility index (Phi) is 6.16. The van der Waals surface area contributed by atoms with E-state index in [1.807, 2.05) is 11.8 Å². The molecule has 1 N–H and O–H groups in total. The summed E-state index contributed by atoms with van der Waals surface area (Å²) in [6.45, 7) is 5.17. The monoisotopic (exact) mass is 305 g/mol. The van der Waals surface area contributed by atoms with E-state index in [0.717, 1.165) is 12.3 Å². The second-order valence-corrected chi connectivity index (χ2v) is 7.31. The molecule has 1 aliphatic carbocycles. The first-order valence-electron chi connectivity index (χ1n) is 8.08. The van der Waals surface area contributed by atoms with E-state index >= 15 is 0 Å². The third-order valence-corrected chi connectivity index (χ3v) is 5.38. The van der Waals surface area contributed by atoms with Crippen LogP contribution in [0.2, 0.25) is 0 Å². The highest BCUT2D eigenvalue weighted by molar-refractivity contribution is 7.99. The summed E-state index contributed by atoms with van der Waals surface area (Å²) in [6.07, 6.45) is 5.53. The molecule has 1 fully saturated rings. The standard InChI is InChI=1S/C18H27NOS/c1-3-4-12-21-13-9-17(20)19-14-18(10-11-18)16-8-6-5-7-15(16)2/h5-8H,3-4,9-14H2,1-2H3,(H,19,20). The number of unbranched alkanes of at least 4 members (excludes halogenated alkanes) is 1. The van der Waals surface area contributed by atoms with Crippen molar-refractivity contribution >= 4 is 17.7 Å². The molecule has 0 radical (unpaired) electrons. The maximum Gasteiger partial charge on any atom is 0.220 e. The Morgan fingerprint density at radius 2 is 2.05 bits per heavy atom. The van der Waals surface area contributed by atoms with Crippen LogP contribution in [-0.2, 0) is 10.2 Å². The molecule has 0 aliphatic heterocycles. The summed E-state index contributed by atoms with van der Waals surface area (Å²) in [5.41, 5.74) is 2.98. The summed E-state index contributed by atoms with van der Waals surface area (Å²) in [7, 11) is 0. The summed E-state index contributed by atoms with van der Waals surface area (Å²) in [6, 6.07) is 8.58. The van der Waals surface area contributed by atoms with Crippen LogP contribution < -0.4 is 5.32 Å². The lowest BCUT2D eigenvalue weighted by Gasteiger charge is -2.19. The number of amides is 1. The molecule has 2 rings (SSSR count). The van der Waals surface area contributed by atoms with Gasteiger partial charge in [-0.3, -0.25) is 4.79 Å². The number of hydrogen-bond acceptors (Lipinski definition) is 2. The second kappa shape index (κ2) is 7.88. The molecule has 0 saturated heterocycles. The van der Waals surface area contributed by atoms with Crippen LogP contribution in [-0.4, -0.2) is 24.0 Å². The van der Waals surface area contributed by atoms with E-state index in [1.54, 1.807) is 0 Å². The average molecular weight is 305 g/mol. The Balaban J connectivity index is 1.73. The van der Waals surface area contributed by atoms with E-state index in [2.05, 4.69) is 43.4 Å². The van der Waals surface area contributed by atoms with Gasteiger partial charge in [0.25, 0.3) is 0 Å². The van der Waals surface area contributed by atoms with Gasteiger partial charge in [0.2, 0.25) is 5.91 Å². The van der Waals surface area contributed by atoms with Crippen molar-refractivity contribution in [2.24, 2.45) is 0 Å². The molecule has 1 aliphatic rings. The lowest BCUT2D eigenvalue weighted by Crippen LogP contribution is -2.32. The first kappa shape index (κ1) is 16.4. The zero-order chi connectivity index (χ0) is 15.1.